The summed E-state index contributed by atoms with van der Waals surface area (Å²) in [7, 11) is 0. The summed E-state index contributed by atoms with van der Waals surface area (Å²) in [6, 6.07) is 15.0. The van der Waals surface area contributed by atoms with Gasteiger partial charge in [-0.2, -0.15) is 13.2 Å². The van der Waals surface area contributed by atoms with Crippen molar-refractivity contribution < 1.29 is 13.2 Å². The van der Waals surface area contributed by atoms with E-state index in [-0.39, 0.29) is 0 Å². The van der Waals surface area contributed by atoms with Gasteiger partial charge in [0, 0.05) is 0 Å². The lowest BCUT2D eigenvalue weighted by atomic mass is 10.1. The maximum Gasteiger partial charge on any atom is 0.416 e. The van der Waals surface area contributed by atoms with Crippen LogP contribution in [0.2, 0.25) is 0 Å². The van der Waals surface area contributed by atoms with Gasteiger partial charge in [-0.05, 0) is 29.7 Å². The molecule has 0 amide bonds. The molecule has 2 aromatic rings. The Kier molecular flexibility index (Phi) is 4.05. The summed E-state index contributed by atoms with van der Waals surface area (Å²) in [5.74, 6) is 0. The van der Waals surface area contributed by atoms with Gasteiger partial charge in [-0.1, -0.05) is 54.6 Å². The first-order chi connectivity index (χ1) is 9.05. The molecule has 3 heteroatoms. The van der Waals surface area contributed by atoms with E-state index in [1.165, 1.54) is 12.1 Å². The number of hydrogen-bond acceptors (Lipinski definition) is 0. The molecule has 0 fully saturated rings. The molecule has 0 aromatic heterocycles. The highest BCUT2D eigenvalue weighted by Gasteiger charge is 2.29. The largest absolute Gasteiger partial charge is 0.416 e. The Morgan fingerprint density at radius 1 is 0.842 bits per heavy atom. The van der Waals surface area contributed by atoms with E-state index in [1.807, 2.05) is 42.5 Å². The molecule has 2 aromatic carbocycles. The summed E-state index contributed by atoms with van der Waals surface area (Å²) in [5.41, 5.74) is 1.33. The monoisotopic (exact) mass is 262 g/mol. The molecule has 0 unspecified atom stereocenters. The van der Waals surface area contributed by atoms with Gasteiger partial charge in [0.15, 0.2) is 0 Å². The summed E-state index contributed by atoms with van der Waals surface area (Å²) in [6.45, 7) is 0. The molecular weight excluding hydrogens is 249 g/mol. The van der Waals surface area contributed by atoms with Crippen LogP contribution >= 0.6 is 0 Å². The van der Waals surface area contributed by atoms with E-state index in [0.29, 0.717) is 6.42 Å². The van der Waals surface area contributed by atoms with Gasteiger partial charge in [-0.3, -0.25) is 0 Å². The fourth-order valence-corrected chi connectivity index (χ4v) is 1.73. The highest BCUT2D eigenvalue weighted by atomic mass is 19.4. The Bertz CT molecular complexity index is 536. The fourth-order valence-electron chi connectivity index (χ4n) is 1.73. The standard InChI is InChI=1S/C16H13F3/c17-16(18,19)15-11-9-14(10-12-15)8-4-7-13-5-2-1-3-6-13/h1-7,9-12H,8H2/b7-4+. The Balaban J connectivity index is 1.99. The second kappa shape index (κ2) is 5.74. The number of hydrogen-bond donors (Lipinski definition) is 0. The Morgan fingerprint density at radius 3 is 2.05 bits per heavy atom. The van der Waals surface area contributed by atoms with E-state index in [4.69, 9.17) is 0 Å². The molecule has 2 rings (SSSR count). The number of rotatable bonds is 3. The molecule has 0 aliphatic carbocycles. The summed E-state index contributed by atoms with van der Waals surface area (Å²) in [6.07, 6.45) is 0.251. The summed E-state index contributed by atoms with van der Waals surface area (Å²) in [4.78, 5) is 0. The minimum absolute atomic E-state index is 0.608. The summed E-state index contributed by atoms with van der Waals surface area (Å²) >= 11 is 0. The Labute approximate surface area is 110 Å². The molecular formula is C16H13F3. The van der Waals surface area contributed by atoms with Crippen molar-refractivity contribution >= 4 is 6.08 Å². The predicted octanol–water partition coefficient (Wildman–Crippen LogP) is 4.96. The second-order valence-corrected chi connectivity index (χ2v) is 4.21. The molecule has 0 saturated carbocycles. The highest BCUT2D eigenvalue weighted by molar-refractivity contribution is 5.49. The lowest BCUT2D eigenvalue weighted by Gasteiger charge is -2.06. The molecule has 98 valence electrons. The average Bonchev–Trinajstić information content (AvgIpc) is 2.39. The van der Waals surface area contributed by atoms with Crippen LogP contribution < -0.4 is 0 Å². The van der Waals surface area contributed by atoms with Gasteiger partial charge in [-0.25, -0.2) is 0 Å². The van der Waals surface area contributed by atoms with Crippen molar-refractivity contribution in [2.24, 2.45) is 0 Å². The molecule has 0 nitrogen and oxygen atoms in total. The number of alkyl halides is 3. The second-order valence-electron chi connectivity index (χ2n) is 4.21. The summed E-state index contributed by atoms with van der Waals surface area (Å²) < 4.78 is 37.1. The molecule has 0 radical (unpaired) electrons. The predicted molar refractivity (Wildman–Crippen MR) is 70.6 cm³/mol. The molecule has 0 heterocycles. The quantitative estimate of drug-likeness (QED) is 0.733. The molecule has 0 aliphatic heterocycles. The van der Waals surface area contributed by atoms with Gasteiger partial charge in [0.25, 0.3) is 0 Å². The highest BCUT2D eigenvalue weighted by Crippen LogP contribution is 2.29. The van der Waals surface area contributed by atoms with Crippen molar-refractivity contribution in [3.63, 3.8) is 0 Å². The van der Waals surface area contributed by atoms with Crippen LogP contribution in [-0.2, 0) is 12.6 Å². The van der Waals surface area contributed by atoms with E-state index in [2.05, 4.69) is 0 Å². The van der Waals surface area contributed by atoms with Crippen molar-refractivity contribution in [3.8, 4) is 0 Å². The lowest BCUT2D eigenvalue weighted by Crippen LogP contribution is -2.04. The van der Waals surface area contributed by atoms with Crippen LogP contribution in [0.15, 0.2) is 60.7 Å². The van der Waals surface area contributed by atoms with E-state index in [0.717, 1.165) is 23.3 Å². The van der Waals surface area contributed by atoms with Gasteiger partial charge in [0.05, 0.1) is 5.56 Å². The maximum absolute atomic E-state index is 12.4. The van der Waals surface area contributed by atoms with Crippen LogP contribution in [0.3, 0.4) is 0 Å². The first kappa shape index (κ1) is 13.4. The molecule has 0 saturated heterocycles. The molecule has 0 atom stereocenters. The van der Waals surface area contributed by atoms with Crippen molar-refractivity contribution in [1.29, 1.82) is 0 Å². The lowest BCUT2D eigenvalue weighted by molar-refractivity contribution is -0.137. The first-order valence-electron chi connectivity index (χ1n) is 5.93. The number of benzene rings is 2. The smallest absolute Gasteiger partial charge is 0.166 e. The zero-order valence-corrected chi connectivity index (χ0v) is 10.2. The van der Waals surface area contributed by atoms with Crippen molar-refractivity contribution in [2.75, 3.05) is 0 Å². The molecule has 0 aliphatic rings. The van der Waals surface area contributed by atoms with Crippen LogP contribution in [0.4, 0.5) is 13.2 Å². The van der Waals surface area contributed by atoms with Crippen molar-refractivity contribution in [1.82, 2.24) is 0 Å². The van der Waals surface area contributed by atoms with Gasteiger partial charge in [0.2, 0.25) is 0 Å². The Hall–Kier alpha value is -2.03. The third kappa shape index (κ3) is 3.98. The van der Waals surface area contributed by atoms with E-state index in [1.54, 1.807) is 0 Å². The van der Waals surface area contributed by atoms with Crippen LogP contribution in [-0.4, -0.2) is 0 Å². The third-order valence-corrected chi connectivity index (χ3v) is 2.74. The molecule has 0 spiro atoms. The van der Waals surface area contributed by atoms with Crippen LogP contribution in [0.5, 0.6) is 0 Å². The van der Waals surface area contributed by atoms with Crippen molar-refractivity contribution in [2.45, 2.75) is 12.6 Å². The zero-order valence-electron chi connectivity index (χ0n) is 10.2. The molecule has 19 heavy (non-hydrogen) atoms. The van der Waals surface area contributed by atoms with Gasteiger partial charge >= 0.3 is 6.18 Å². The van der Waals surface area contributed by atoms with Gasteiger partial charge < -0.3 is 0 Å². The van der Waals surface area contributed by atoms with Gasteiger partial charge in [0.1, 0.15) is 0 Å². The fraction of sp³-hybridized carbons (Fsp3) is 0.125. The van der Waals surface area contributed by atoms with E-state index < -0.39 is 11.7 Å². The van der Waals surface area contributed by atoms with Crippen molar-refractivity contribution in [3.05, 3.63) is 77.4 Å². The first-order valence-corrected chi connectivity index (χ1v) is 5.93. The minimum Gasteiger partial charge on any atom is -0.166 e. The van der Waals surface area contributed by atoms with E-state index >= 15 is 0 Å². The van der Waals surface area contributed by atoms with Gasteiger partial charge in [-0.15, -0.1) is 0 Å². The topological polar surface area (TPSA) is 0 Å². The average molecular weight is 262 g/mol. The van der Waals surface area contributed by atoms with E-state index in [9.17, 15) is 13.2 Å². The zero-order chi connectivity index (χ0) is 13.7. The third-order valence-electron chi connectivity index (χ3n) is 2.74. The normalized spacial score (nSPS) is 11.9. The van der Waals surface area contributed by atoms with Crippen LogP contribution in [0, 0.1) is 0 Å². The molecule has 0 N–H and O–H groups in total. The SMILES string of the molecule is FC(F)(F)c1ccc(C/C=C/c2ccccc2)cc1. The number of allylic oxidation sites excluding steroid dienone is 1. The Morgan fingerprint density at radius 2 is 1.47 bits per heavy atom. The minimum atomic E-state index is -4.27. The number of halogens is 3. The van der Waals surface area contributed by atoms with Crippen LogP contribution in [0.1, 0.15) is 16.7 Å². The maximum atomic E-state index is 12.4. The van der Waals surface area contributed by atoms with Crippen LogP contribution in [0.25, 0.3) is 6.08 Å². The molecule has 0 bridgehead atoms. The summed E-state index contributed by atoms with van der Waals surface area (Å²) in [5, 5.41) is 0.